The maximum Gasteiger partial charge on any atom is 0.310 e. The van der Waals surface area contributed by atoms with Gasteiger partial charge < -0.3 is 9.64 Å². The SMILES string of the molecule is COC(=O)C1CCN(C(=O)C2Cc3ccccc32)C1. The summed E-state index contributed by atoms with van der Waals surface area (Å²) >= 11 is 0. The van der Waals surface area contributed by atoms with Crippen molar-refractivity contribution in [3.05, 3.63) is 35.4 Å². The van der Waals surface area contributed by atoms with E-state index in [1.807, 2.05) is 23.1 Å². The number of methoxy groups -OCH3 is 1. The molecule has 100 valence electrons. The van der Waals surface area contributed by atoms with Crippen molar-refractivity contribution in [3.63, 3.8) is 0 Å². The highest BCUT2D eigenvalue weighted by molar-refractivity contribution is 5.88. The highest BCUT2D eigenvalue weighted by atomic mass is 16.5. The van der Waals surface area contributed by atoms with Crippen LogP contribution >= 0.6 is 0 Å². The van der Waals surface area contributed by atoms with E-state index in [4.69, 9.17) is 4.74 Å². The molecule has 19 heavy (non-hydrogen) atoms. The van der Waals surface area contributed by atoms with Gasteiger partial charge in [-0.15, -0.1) is 0 Å². The summed E-state index contributed by atoms with van der Waals surface area (Å²) in [5, 5.41) is 0. The van der Waals surface area contributed by atoms with Crippen molar-refractivity contribution in [1.82, 2.24) is 4.90 Å². The maximum absolute atomic E-state index is 12.4. The average Bonchev–Trinajstić information content (AvgIpc) is 2.89. The summed E-state index contributed by atoms with van der Waals surface area (Å²) in [6, 6.07) is 8.07. The van der Waals surface area contributed by atoms with Gasteiger partial charge in [0.2, 0.25) is 5.91 Å². The summed E-state index contributed by atoms with van der Waals surface area (Å²) in [6.45, 7) is 1.17. The van der Waals surface area contributed by atoms with E-state index in [2.05, 4.69) is 6.07 Å². The van der Waals surface area contributed by atoms with Gasteiger partial charge in [-0.2, -0.15) is 0 Å². The first-order valence-corrected chi connectivity index (χ1v) is 6.65. The molecule has 2 atom stereocenters. The second-order valence-corrected chi connectivity index (χ2v) is 5.25. The van der Waals surface area contributed by atoms with Crippen molar-refractivity contribution in [2.24, 2.45) is 5.92 Å². The number of nitrogens with zero attached hydrogens (tertiary/aromatic N) is 1. The van der Waals surface area contributed by atoms with Crippen molar-refractivity contribution in [3.8, 4) is 0 Å². The van der Waals surface area contributed by atoms with E-state index in [9.17, 15) is 9.59 Å². The lowest BCUT2D eigenvalue weighted by molar-refractivity contribution is -0.145. The Balaban J connectivity index is 1.66. The molecule has 4 heteroatoms. The number of rotatable bonds is 2. The monoisotopic (exact) mass is 259 g/mol. The normalized spacial score (nSPS) is 24.6. The molecule has 0 bridgehead atoms. The summed E-state index contributed by atoms with van der Waals surface area (Å²) in [6.07, 6.45) is 1.54. The number of benzene rings is 1. The zero-order chi connectivity index (χ0) is 13.4. The van der Waals surface area contributed by atoms with Gasteiger partial charge in [-0.25, -0.2) is 0 Å². The number of carbonyl (C=O) groups excluding carboxylic acids is 2. The minimum Gasteiger partial charge on any atom is -0.469 e. The topological polar surface area (TPSA) is 46.6 Å². The minimum atomic E-state index is -0.204. The number of hydrogen-bond donors (Lipinski definition) is 0. The molecule has 0 saturated carbocycles. The van der Waals surface area contributed by atoms with Crippen LogP contribution in [0, 0.1) is 5.92 Å². The van der Waals surface area contributed by atoms with E-state index in [0.717, 1.165) is 12.0 Å². The molecular formula is C15H17NO3. The van der Waals surface area contributed by atoms with E-state index in [-0.39, 0.29) is 23.7 Å². The largest absolute Gasteiger partial charge is 0.469 e. The molecule has 0 spiro atoms. The molecule has 2 unspecified atom stereocenters. The van der Waals surface area contributed by atoms with Crippen molar-refractivity contribution >= 4 is 11.9 Å². The summed E-state index contributed by atoms with van der Waals surface area (Å²) in [5.74, 6) is -0.203. The predicted octanol–water partition coefficient (Wildman–Crippen LogP) is 1.35. The van der Waals surface area contributed by atoms with E-state index >= 15 is 0 Å². The van der Waals surface area contributed by atoms with Gasteiger partial charge in [-0.05, 0) is 24.0 Å². The Labute approximate surface area is 112 Å². The molecule has 1 aromatic carbocycles. The summed E-state index contributed by atoms with van der Waals surface area (Å²) < 4.78 is 4.74. The van der Waals surface area contributed by atoms with Crippen LogP contribution in [0.1, 0.15) is 23.5 Å². The Morgan fingerprint density at radius 2 is 2.11 bits per heavy atom. The zero-order valence-electron chi connectivity index (χ0n) is 11.0. The Hall–Kier alpha value is -1.84. The first-order valence-electron chi connectivity index (χ1n) is 6.65. The number of fused-ring (bicyclic) bond motifs is 1. The molecule has 4 nitrogen and oxygen atoms in total. The van der Waals surface area contributed by atoms with Gasteiger partial charge in [-0.1, -0.05) is 24.3 Å². The van der Waals surface area contributed by atoms with E-state index in [1.165, 1.54) is 12.7 Å². The molecule has 1 amide bonds. The molecule has 0 aromatic heterocycles. The Bertz CT molecular complexity index is 526. The molecule has 1 heterocycles. The van der Waals surface area contributed by atoms with Crippen LogP contribution in [0.2, 0.25) is 0 Å². The van der Waals surface area contributed by atoms with Gasteiger partial charge in [0.05, 0.1) is 18.9 Å². The predicted molar refractivity (Wildman–Crippen MR) is 69.6 cm³/mol. The molecular weight excluding hydrogens is 242 g/mol. The number of likely N-dealkylation sites (tertiary alicyclic amines) is 1. The smallest absolute Gasteiger partial charge is 0.310 e. The summed E-state index contributed by atoms with van der Waals surface area (Å²) in [4.78, 5) is 25.7. The molecule has 1 saturated heterocycles. The van der Waals surface area contributed by atoms with Crippen molar-refractivity contribution in [2.45, 2.75) is 18.8 Å². The van der Waals surface area contributed by atoms with Gasteiger partial charge in [0, 0.05) is 13.1 Å². The lowest BCUT2D eigenvalue weighted by Gasteiger charge is -2.32. The molecule has 3 rings (SSSR count). The maximum atomic E-state index is 12.4. The molecule has 0 radical (unpaired) electrons. The molecule has 1 aromatic rings. The van der Waals surface area contributed by atoms with Crippen LogP contribution in [-0.4, -0.2) is 37.0 Å². The summed E-state index contributed by atoms with van der Waals surface area (Å²) in [5.41, 5.74) is 2.42. The fourth-order valence-electron chi connectivity index (χ4n) is 3.02. The Morgan fingerprint density at radius 3 is 2.84 bits per heavy atom. The molecule has 0 N–H and O–H groups in total. The Morgan fingerprint density at radius 1 is 1.32 bits per heavy atom. The van der Waals surface area contributed by atoms with Crippen LogP contribution in [0.15, 0.2) is 24.3 Å². The highest BCUT2D eigenvalue weighted by Crippen LogP contribution is 2.37. The first kappa shape index (κ1) is 12.2. The van der Waals surface area contributed by atoms with Gasteiger partial charge in [0.15, 0.2) is 0 Å². The molecule has 1 aliphatic carbocycles. The number of hydrogen-bond acceptors (Lipinski definition) is 3. The molecule has 2 aliphatic rings. The van der Waals surface area contributed by atoms with Crippen LogP contribution in [-0.2, 0) is 20.7 Å². The van der Waals surface area contributed by atoms with Crippen LogP contribution in [0.25, 0.3) is 0 Å². The van der Waals surface area contributed by atoms with Crippen LogP contribution in [0.5, 0.6) is 0 Å². The van der Waals surface area contributed by atoms with E-state index < -0.39 is 0 Å². The van der Waals surface area contributed by atoms with Gasteiger partial charge in [0.25, 0.3) is 0 Å². The van der Waals surface area contributed by atoms with Crippen molar-refractivity contribution in [1.29, 1.82) is 0 Å². The van der Waals surface area contributed by atoms with Crippen LogP contribution in [0.4, 0.5) is 0 Å². The number of carbonyl (C=O) groups is 2. The average molecular weight is 259 g/mol. The van der Waals surface area contributed by atoms with Gasteiger partial charge in [0.1, 0.15) is 0 Å². The molecule has 1 fully saturated rings. The lowest BCUT2D eigenvalue weighted by atomic mass is 9.77. The first-order chi connectivity index (χ1) is 9.20. The van der Waals surface area contributed by atoms with Crippen molar-refractivity contribution < 1.29 is 14.3 Å². The number of amides is 1. The van der Waals surface area contributed by atoms with Gasteiger partial charge in [-0.3, -0.25) is 9.59 Å². The van der Waals surface area contributed by atoms with E-state index in [1.54, 1.807) is 0 Å². The highest BCUT2D eigenvalue weighted by Gasteiger charge is 2.38. The zero-order valence-corrected chi connectivity index (χ0v) is 11.0. The van der Waals surface area contributed by atoms with Crippen LogP contribution < -0.4 is 0 Å². The third-order valence-corrected chi connectivity index (χ3v) is 4.19. The summed E-state index contributed by atoms with van der Waals surface area (Å²) in [7, 11) is 1.40. The molecule has 1 aliphatic heterocycles. The fourth-order valence-corrected chi connectivity index (χ4v) is 3.02. The number of ether oxygens (including phenoxy) is 1. The minimum absolute atomic E-state index is 0.00685. The van der Waals surface area contributed by atoms with Crippen LogP contribution in [0.3, 0.4) is 0 Å². The quantitative estimate of drug-likeness (QED) is 0.753. The third-order valence-electron chi connectivity index (χ3n) is 4.19. The van der Waals surface area contributed by atoms with Crippen molar-refractivity contribution in [2.75, 3.05) is 20.2 Å². The lowest BCUT2D eigenvalue weighted by Crippen LogP contribution is -2.38. The standard InChI is InChI=1S/C15H17NO3/c1-19-15(18)11-6-7-16(9-11)14(17)13-8-10-4-2-3-5-12(10)13/h2-5,11,13H,6-9H2,1H3. The fraction of sp³-hybridized carbons (Fsp3) is 0.467. The Kier molecular flexibility index (Phi) is 3.01. The second kappa shape index (κ2) is 4.68. The third kappa shape index (κ3) is 2.01. The number of esters is 1. The van der Waals surface area contributed by atoms with Gasteiger partial charge >= 0.3 is 5.97 Å². The second-order valence-electron chi connectivity index (χ2n) is 5.25. The van der Waals surface area contributed by atoms with E-state index in [0.29, 0.717) is 19.5 Å².